The molecular formula is C61H70N6O20. The molecule has 10 rings (SSSR count). The molecule has 0 bridgehead atoms. The molecule has 26 heteroatoms. The molecule has 2 fully saturated rings. The second-order valence-corrected chi connectivity index (χ2v) is 23.2. The first-order valence-corrected chi connectivity index (χ1v) is 28.6. The number of ether oxygens (including phenoxy) is 6. The first kappa shape index (κ1) is 62.3. The molecule has 464 valence electrons. The monoisotopic (exact) mass is 1210 g/mol. The van der Waals surface area contributed by atoms with E-state index in [1.54, 1.807) is 13.8 Å². The van der Waals surface area contributed by atoms with Gasteiger partial charge in [0.2, 0.25) is 23.4 Å². The molecule has 0 spiro atoms. The zero-order valence-electron chi connectivity index (χ0n) is 48.5. The summed E-state index contributed by atoms with van der Waals surface area (Å²) < 4.78 is 35.3. The lowest BCUT2D eigenvalue weighted by Crippen LogP contribution is -2.52. The highest BCUT2D eigenvalue weighted by Gasteiger charge is 2.52. The van der Waals surface area contributed by atoms with E-state index in [1.165, 1.54) is 64.5 Å². The van der Waals surface area contributed by atoms with E-state index in [0.717, 1.165) is 0 Å². The van der Waals surface area contributed by atoms with Crippen LogP contribution < -0.4 is 31.8 Å². The van der Waals surface area contributed by atoms with Crippen LogP contribution in [0, 0.1) is 0 Å². The maximum Gasteiger partial charge on any atom is 0.240 e. The number of carbonyl (C=O) groups is 6. The van der Waals surface area contributed by atoms with Crippen LogP contribution >= 0.6 is 0 Å². The van der Waals surface area contributed by atoms with Crippen LogP contribution in [0.3, 0.4) is 0 Å². The predicted molar refractivity (Wildman–Crippen MR) is 305 cm³/mol. The Labute approximate surface area is 498 Å². The number of phenols is 4. The number of benzene rings is 4. The number of rotatable bonds is 16. The quantitative estimate of drug-likeness (QED) is 0.0287. The van der Waals surface area contributed by atoms with Crippen molar-refractivity contribution in [1.29, 1.82) is 0 Å². The number of unbranched alkanes of at least 4 members (excludes halogenated alkanes) is 2. The predicted octanol–water partition coefficient (Wildman–Crippen LogP) is 2.83. The molecule has 4 aromatic carbocycles. The third-order valence-corrected chi connectivity index (χ3v) is 17.6. The molecule has 87 heavy (non-hydrogen) atoms. The Balaban J connectivity index is 0.795. The van der Waals surface area contributed by atoms with Gasteiger partial charge in [-0.2, -0.15) is 10.2 Å². The second kappa shape index (κ2) is 24.1. The van der Waals surface area contributed by atoms with Crippen molar-refractivity contribution in [2.24, 2.45) is 21.7 Å². The molecule has 4 aromatic rings. The van der Waals surface area contributed by atoms with E-state index in [-0.39, 0.29) is 119 Å². The molecule has 2 heterocycles. The van der Waals surface area contributed by atoms with Gasteiger partial charge in [-0.3, -0.25) is 28.8 Å². The smallest absolute Gasteiger partial charge is 0.240 e. The fourth-order valence-electron chi connectivity index (χ4n) is 12.7. The lowest BCUT2D eigenvalue weighted by Gasteiger charge is -2.42. The Bertz CT molecular complexity index is 3330. The van der Waals surface area contributed by atoms with Crippen LogP contribution in [-0.4, -0.2) is 162 Å². The maximum atomic E-state index is 14.1. The minimum Gasteiger partial charge on any atom is -0.507 e. The molecule has 2 amide bonds. The molecule has 6 aliphatic rings. The Morgan fingerprint density at radius 3 is 1.31 bits per heavy atom. The molecule has 2 aliphatic heterocycles. The molecule has 2 saturated heterocycles. The number of hydrogen-bond donors (Lipinski definition) is 12. The summed E-state index contributed by atoms with van der Waals surface area (Å²) in [6.07, 6.45) is -9.53. The van der Waals surface area contributed by atoms with Gasteiger partial charge < -0.3 is 80.7 Å². The number of hydrazone groups is 2. The summed E-state index contributed by atoms with van der Waals surface area (Å²) in [5.74, 6) is -6.89. The zero-order chi connectivity index (χ0) is 62.9. The zero-order valence-corrected chi connectivity index (χ0v) is 48.5. The maximum absolute atomic E-state index is 14.1. The van der Waals surface area contributed by atoms with E-state index in [0.29, 0.717) is 6.42 Å². The average Bonchev–Trinajstić information content (AvgIpc) is 0.733. The van der Waals surface area contributed by atoms with Gasteiger partial charge in [0.05, 0.1) is 95.6 Å². The number of nitrogens with one attached hydrogen (secondary N) is 2. The number of nitrogens with two attached hydrogens (primary N) is 2. The Hall–Kier alpha value is -7.76. The molecule has 0 aromatic heterocycles. The van der Waals surface area contributed by atoms with Crippen molar-refractivity contribution in [3.8, 4) is 34.5 Å². The number of phenolic OH excluding ortho intramolecular Hbond substituents is 4. The number of ketones is 4. The number of hydrogen-bond acceptors (Lipinski definition) is 24. The highest BCUT2D eigenvalue weighted by atomic mass is 16.7. The van der Waals surface area contributed by atoms with Crippen LogP contribution in [0.1, 0.15) is 184 Å². The third kappa shape index (κ3) is 11.1. The van der Waals surface area contributed by atoms with Crippen molar-refractivity contribution in [2.75, 3.05) is 14.2 Å². The summed E-state index contributed by atoms with van der Waals surface area (Å²) in [4.78, 5) is 82.8. The molecule has 12 unspecified atom stereocenters. The normalized spacial score (nSPS) is 28.6. The molecule has 0 radical (unpaired) electrons. The van der Waals surface area contributed by atoms with E-state index in [9.17, 15) is 69.6 Å². The summed E-state index contributed by atoms with van der Waals surface area (Å²) >= 11 is 0. The van der Waals surface area contributed by atoms with E-state index >= 15 is 0 Å². The molecular weight excluding hydrogens is 1140 g/mol. The number of aromatic hydroxyl groups is 4. The molecule has 26 nitrogen and oxygen atoms in total. The topological polar surface area (TPSA) is 420 Å². The van der Waals surface area contributed by atoms with Gasteiger partial charge in [-0.05, 0) is 52.7 Å². The highest BCUT2D eigenvalue weighted by Crippen LogP contribution is 2.55. The largest absolute Gasteiger partial charge is 0.507 e. The molecule has 0 saturated carbocycles. The Morgan fingerprint density at radius 1 is 0.586 bits per heavy atom. The number of aliphatic hydroxyl groups is 4. The summed E-state index contributed by atoms with van der Waals surface area (Å²) in [7, 11) is 2.63. The number of fused-ring (bicyclic) bond motifs is 6. The van der Waals surface area contributed by atoms with Crippen LogP contribution in [0.5, 0.6) is 34.5 Å². The number of aliphatic hydroxyl groups excluding tert-OH is 2. The molecule has 14 N–H and O–H groups in total. The number of nitrogens with zero attached hydrogens (tertiary/aromatic N) is 2. The van der Waals surface area contributed by atoms with E-state index in [4.69, 9.17) is 39.9 Å². The Morgan fingerprint density at radius 2 is 0.954 bits per heavy atom. The van der Waals surface area contributed by atoms with Gasteiger partial charge in [0.1, 0.15) is 45.7 Å². The minimum absolute atomic E-state index is 0.0251. The minimum atomic E-state index is -2.02. The SMILES string of the molecule is COc1cccc2c1C(=O)c1c(O)c3c(c(O)c1C2=O)CC(O)(/C(C)=N/NC(=O)CCCCCC(=O)N/N=C(\C)C1(O)Cc2c(O)c4c(c(O)c2C(OC2CC(N)C(O)C(C)O2)C1)C(=O)c1c(OC)cccc1C4=O)CC3OC1CC(N)C(O)C(C)O1. The first-order chi connectivity index (χ1) is 41.2. The van der Waals surface area contributed by atoms with Crippen molar-refractivity contribution >= 4 is 46.4 Å². The van der Waals surface area contributed by atoms with Crippen molar-refractivity contribution in [2.45, 2.75) is 171 Å². The van der Waals surface area contributed by atoms with Gasteiger partial charge in [-0.1, -0.05) is 30.7 Å². The van der Waals surface area contributed by atoms with Gasteiger partial charge in [-0.15, -0.1) is 0 Å². The van der Waals surface area contributed by atoms with Gasteiger partial charge >= 0.3 is 0 Å². The van der Waals surface area contributed by atoms with Crippen molar-refractivity contribution < 1.29 is 98.0 Å². The third-order valence-electron chi connectivity index (χ3n) is 17.6. The highest BCUT2D eigenvalue weighted by molar-refractivity contribution is 6.32. The van der Waals surface area contributed by atoms with E-state index in [1.807, 2.05) is 0 Å². The fraction of sp³-hybridized carbons (Fsp3) is 0.475. The number of carbonyl (C=O) groups excluding carboxylic acids is 6. The van der Waals surface area contributed by atoms with Crippen LogP contribution in [0.15, 0.2) is 46.6 Å². The number of amides is 2. The van der Waals surface area contributed by atoms with Crippen LogP contribution in [0.2, 0.25) is 0 Å². The summed E-state index contributed by atoms with van der Waals surface area (Å²) in [5, 5.41) is 102. The summed E-state index contributed by atoms with van der Waals surface area (Å²) in [6.45, 7) is 6.00. The Kier molecular flexibility index (Phi) is 17.2. The lowest BCUT2D eigenvalue weighted by molar-refractivity contribution is -0.246. The van der Waals surface area contributed by atoms with Gasteiger partial charge in [-0.25, -0.2) is 10.9 Å². The van der Waals surface area contributed by atoms with Gasteiger partial charge in [0, 0.05) is 96.8 Å². The average molecular weight is 1210 g/mol. The van der Waals surface area contributed by atoms with E-state index in [2.05, 4.69) is 21.1 Å². The fourth-order valence-corrected chi connectivity index (χ4v) is 12.7. The molecule has 12 atom stereocenters. The van der Waals surface area contributed by atoms with Crippen molar-refractivity contribution in [1.82, 2.24) is 10.9 Å². The van der Waals surface area contributed by atoms with Gasteiger partial charge in [0.15, 0.2) is 24.1 Å². The van der Waals surface area contributed by atoms with Gasteiger partial charge in [0.25, 0.3) is 0 Å². The second-order valence-electron chi connectivity index (χ2n) is 23.2. The molecule has 4 aliphatic carbocycles. The summed E-state index contributed by atoms with van der Waals surface area (Å²) in [6, 6.07) is 7.13. The van der Waals surface area contributed by atoms with Crippen LogP contribution in [0.4, 0.5) is 0 Å². The van der Waals surface area contributed by atoms with Crippen LogP contribution in [0.25, 0.3) is 0 Å². The standard InChI is InChI=1S/C61H70N6O20/c1-24-50(70)32(62)18-40(84-24)86-36-22-60(80,20-30-44(36)58(78)48-46(54(30)74)52(72)28-12-10-14-34(82-5)42(28)56(48)76)26(3)64-66-38(68)16-8-7-9-17-39(69)67-65-27(4)61(81)21-31-45(37(23-61)87-41-19-33(63)51(71)25(2)85-41)59(79)49-47(55(31)75)53(73)29-13-11-15-35(83-6)43(29)57(49)77/h10-15,24-25,32-33,36-37,40-41,50-51,70-71,74-75,78-81H,7-9,16-23,62-63H2,1-6H3,(H,66,68)(H,67,69)/b64-26+,65-27+. The first-order valence-electron chi connectivity index (χ1n) is 28.6. The van der Waals surface area contributed by atoms with E-state index < -0.39 is 166 Å². The lowest BCUT2D eigenvalue weighted by atomic mass is 9.71. The van der Waals surface area contributed by atoms with Crippen LogP contribution in [-0.2, 0) is 41.4 Å². The van der Waals surface area contributed by atoms with Crippen molar-refractivity contribution in [3.63, 3.8) is 0 Å². The van der Waals surface area contributed by atoms with Crippen molar-refractivity contribution in [3.05, 3.63) is 103 Å². The summed E-state index contributed by atoms with van der Waals surface area (Å²) in [5.41, 5.74) is 10.3. The number of methoxy groups -OCH3 is 2.